The first-order valence-electron chi connectivity index (χ1n) is 8.69. The number of amides is 2. The van der Waals surface area contributed by atoms with Gasteiger partial charge in [-0.05, 0) is 51.0 Å². The molecule has 0 aromatic heterocycles. The lowest BCUT2D eigenvalue weighted by Crippen LogP contribution is -2.48. The van der Waals surface area contributed by atoms with Gasteiger partial charge in [-0.1, -0.05) is 0 Å². The molecule has 2 amide bonds. The first kappa shape index (κ1) is 17.5. The van der Waals surface area contributed by atoms with E-state index in [1.165, 1.54) is 6.26 Å². The molecule has 2 heterocycles. The van der Waals surface area contributed by atoms with Crippen LogP contribution in [0.2, 0.25) is 0 Å². The predicted octanol–water partition coefficient (Wildman–Crippen LogP) is 2.57. The zero-order valence-corrected chi connectivity index (χ0v) is 14.7. The largest absolute Gasteiger partial charge is 0.501 e. The van der Waals surface area contributed by atoms with Crippen molar-refractivity contribution in [3.8, 4) is 0 Å². The highest BCUT2D eigenvalue weighted by Gasteiger charge is 2.26. The molecule has 0 radical (unpaired) electrons. The molecule has 3 rings (SSSR count). The molecule has 0 aliphatic carbocycles. The number of rotatable bonds is 3. The molecule has 25 heavy (non-hydrogen) atoms. The summed E-state index contributed by atoms with van der Waals surface area (Å²) in [7, 11) is 0. The van der Waals surface area contributed by atoms with Crippen LogP contribution in [0.15, 0.2) is 36.1 Å². The van der Waals surface area contributed by atoms with Gasteiger partial charge in [-0.25, -0.2) is 0 Å². The number of ether oxygens (including phenoxy) is 2. The third-order valence-corrected chi connectivity index (χ3v) is 4.32. The van der Waals surface area contributed by atoms with Gasteiger partial charge in [0.1, 0.15) is 0 Å². The zero-order valence-electron chi connectivity index (χ0n) is 14.7. The lowest BCUT2D eigenvalue weighted by molar-refractivity contribution is -0.113. The molecule has 2 aliphatic rings. The highest BCUT2D eigenvalue weighted by molar-refractivity contribution is 6.04. The van der Waals surface area contributed by atoms with E-state index in [4.69, 9.17) is 9.47 Å². The molecular formula is C19H24N2O4. The van der Waals surface area contributed by atoms with Crippen LogP contribution in [0.4, 0.5) is 5.69 Å². The maximum absolute atomic E-state index is 12.6. The van der Waals surface area contributed by atoms with Crippen molar-refractivity contribution in [1.82, 2.24) is 4.90 Å². The summed E-state index contributed by atoms with van der Waals surface area (Å²) in [5, 5.41) is 2.84. The topological polar surface area (TPSA) is 67.9 Å². The van der Waals surface area contributed by atoms with Crippen LogP contribution in [0.3, 0.4) is 0 Å². The van der Waals surface area contributed by atoms with E-state index in [1.54, 1.807) is 24.3 Å². The molecule has 1 N–H and O–H groups in total. The minimum Gasteiger partial charge on any atom is -0.501 e. The molecular weight excluding hydrogens is 320 g/mol. The van der Waals surface area contributed by atoms with E-state index < -0.39 is 0 Å². The zero-order chi connectivity index (χ0) is 17.8. The van der Waals surface area contributed by atoms with Gasteiger partial charge >= 0.3 is 0 Å². The predicted molar refractivity (Wildman–Crippen MR) is 94.3 cm³/mol. The second kappa shape index (κ2) is 7.70. The average molecular weight is 344 g/mol. The van der Waals surface area contributed by atoms with Gasteiger partial charge in [-0.3, -0.25) is 9.59 Å². The minimum atomic E-state index is -0.158. The van der Waals surface area contributed by atoms with E-state index in [0.29, 0.717) is 36.5 Å². The van der Waals surface area contributed by atoms with E-state index in [1.807, 2.05) is 18.7 Å². The number of anilines is 1. The van der Waals surface area contributed by atoms with Crippen LogP contribution < -0.4 is 5.32 Å². The maximum atomic E-state index is 12.6. The van der Waals surface area contributed by atoms with E-state index in [9.17, 15) is 9.59 Å². The molecule has 0 saturated carbocycles. The van der Waals surface area contributed by atoms with Crippen molar-refractivity contribution in [2.75, 3.05) is 25.0 Å². The first-order valence-corrected chi connectivity index (χ1v) is 8.69. The van der Waals surface area contributed by atoms with E-state index in [0.717, 1.165) is 12.8 Å². The van der Waals surface area contributed by atoms with Crippen LogP contribution in [-0.2, 0) is 14.3 Å². The Bertz CT molecular complexity index is 659. The molecule has 2 aliphatic heterocycles. The summed E-state index contributed by atoms with van der Waals surface area (Å²) in [5.41, 5.74) is 1.92. The molecule has 6 heteroatoms. The number of carbonyl (C=O) groups excluding carboxylic acids is 2. The van der Waals surface area contributed by atoms with Crippen molar-refractivity contribution in [2.24, 2.45) is 0 Å². The van der Waals surface area contributed by atoms with E-state index in [2.05, 4.69) is 5.32 Å². The van der Waals surface area contributed by atoms with Crippen LogP contribution in [0.25, 0.3) is 0 Å². The quantitative estimate of drug-likeness (QED) is 0.915. The Labute approximate surface area is 147 Å². The van der Waals surface area contributed by atoms with E-state index >= 15 is 0 Å². The van der Waals surface area contributed by atoms with Gasteiger partial charge in [0, 0.05) is 24.3 Å². The molecule has 2 atom stereocenters. The fourth-order valence-corrected chi connectivity index (χ4v) is 3.17. The highest BCUT2D eigenvalue weighted by atomic mass is 16.5. The normalized spacial score (nSPS) is 23.4. The van der Waals surface area contributed by atoms with Crippen molar-refractivity contribution >= 4 is 17.5 Å². The van der Waals surface area contributed by atoms with Crippen LogP contribution in [0.1, 0.15) is 37.0 Å². The molecule has 2 unspecified atom stereocenters. The number of morpholine rings is 1. The Balaban J connectivity index is 1.62. The average Bonchev–Trinajstić information content (AvgIpc) is 2.61. The summed E-state index contributed by atoms with van der Waals surface area (Å²) in [6.07, 6.45) is 3.17. The number of carbonyl (C=O) groups is 2. The Morgan fingerprint density at radius 3 is 2.40 bits per heavy atom. The number of benzene rings is 1. The Kier molecular flexibility index (Phi) is 5.38. The summed E-state index contributed by atoms with van der Waals surface area (Å²) >= 11 is 0. The van der Waals surface area contributed by atoms with E-state index in [-0.39, 0.29) is 24.0 Å². The Hall–Kier alpha value is -2.34. The molecule has 134 valence electrons. The third-order valence-electron chi connectivity index (χ3n) is 4.32. The van der Waals surface area contributed by atoms with Crippen molar-refractivity contribution in [2.45, 2.75) is 38.9 Å². The van der Waals surface area contributed by atoms with Crippen LogP contribution in [0, 0.1) is 0 Å². The van der Waals surface area contributed by atoms with Crippen molar-refractivity contribution in [3.63, 3.8) is 0 Å². The number of hydrogen-bond donors (Lipinski definition) is 1. The second-order valence-corrected chi connectivity index (χ2v) is 6.62. The van der Waals surface area contributed by atoms with Gasteiger partial charge in [0.25, 0.3) is 11.8 Å². The fourth-order valence-electron chi connectivity index (χ4n) is 3.17. The Morgan fingerprint density at radius 1 is 1.12 bits per heavy atom. The smallest absolute Gasteiger partial charge is 0.254 e. The summed E-state index contributed by atoms with van der Waals surface area (Å²) in [5.74, 6) is -0.169. The molecule has 1 aromatic carbocycles. The SMILES string of the molecule is CC1CN(C(=O)c2ccc(NC(=O)C3=COCCC3)cc2)CC(C)O1. The monoisotopic (exact) mass is 344 g/mol. The summed E-state index contributed by atoms with van der Waals surface area (Å²) in [6, 6.07) is 6.99. The highest BCUT2D eigenvalue weighted by Crippen LogP contribution is 2.18. The van der Waals surface area contributed by atoms with Crippen LogP contribution in [0.5, 0.6) is 0 Å². The fraction of sp³-hybridized carbons (Fsp3) is 0.474. The van der Waals surface area contributed by atoms with Gasteiger partial charge < -0.3 is 19.7 Å². The molecule has 1 saturated heterocycles. The van der Waals surface area contributed by atoms with Crippen LogP contribution >= 0.6 is 0 Å². The van der Waals surface area contributed by atoms with Gasteiger partial charge in [-0.2, -0.15) is 0 Å². The number of nitrogens with zero attached hydrogens (tertiary/aromatic N) is 1. The van der Waals surface area contributed by atoms with Gasteiger partial charge in [0.05, 0.1) is 30.6 Å². The van der Waals surface area contributed by atoms with Crippen molar-refractivity contribution in [3.05, 3.63) is 41.7 Å². The molecule has 1 fully saturated rings. The molecule has 0 bridgehead atoms. The summed E-state index contributed by atoms with van der Waals surface area (Å²) < 4.78 is 10.9. The minimum absolute atomic E-state index is 0.0109. The second-order valence-electron chi connectivity index (χ2n) is 6.62. The van der Waals surface area contributed by atoms with Gasteiger partial charge in [0.15, 0.2) is 0 Å². The molecule has 0 spiro atoms. The molecule has 6 nitrogen and oxygen atoms in total. The van der Waals surface area contributed by atoms with Crippen molar-refractivity contribution < 1.29 is 19.1 Å². The molecule has 1 aromatic rings. The Morgan fingerprint density at radius 2 is 1.80 bits per heavy atom. The third kappa shape index (κ3) is 4.39. The van der Waals surface area contributed by atoms with Crippen molar-refractivity contribution in [1.29, 1.82) is 0 Å². The van der Waals surface area contributed by atoms with Gasteiger partial charge in [0.2, 0.25) is 0 Å². The summed E-state index contributed by atoms with van der Waals surface area (Å²) in [6.45, 7) is 5.79. The number of nitrogens with one attached hydrogen (secondary N) is 1. The lowest BCUT2D eigenvalue weighted by Gasteiger charge is -2.35. The van der Waals surface area contributed by atoms with Crippen LogP contribution in [-0.4, -0.2) is 48.6 Å². The number of hydrogen-bond acceptors (Lipinski definition) is 4. The lowest BCUT2D eigenvalue weighted by atomic mass is 10.1. The van der Waals surface area contributed by atoms with Gasteiger partial charge in [-0.15, -0.1) is 0 Å². The maximum Gasteiger partial charge on any atom is 0.254 e. The first-order chi connectivity index (χ1) is 12.0. The summed E-state index contributed by atoms with van der Waals surface area (Å²) in [4.78, 5) is 26.6. The standard InChI is InChI=1S/C19H24N2O4/c1-13-10-21(11-14(2)25-13)19(23)15-5-7-17(8-6-15)20-18(22)16-4-3-9-24-12-16/h5-8,12-14H,3-4,9-11H2,1-2H3,(H,20,22).